The van der Waals surface area contributed by atoms with Gasteiger partial charge in [-0.1, -0.05) is 36.2 Å². The molecule has 1 aromatic carbocycles. The first kappa shape index (κ1) is 25.9. The van der Waals surface area contributed by atoms with Crippen LogP contribution < -0.4 is 5.32 Å². The molecule has 3 heterocycles. The van der Waals surface area contributed by atoms with E-state index in [1.54, 1.807) is 0 Å². The molecule has 0 bridgehead atoms. The molecule has 0 radical (unpaired) electrons. The second-order valence-electron chi connectivity index (χ2n) is 9.09. The highest BCUT2D eigenvalue weighted by atomic mass is 127. The Bertz CT molecular complexity index is 887. The number of halogens is 1. The van der Waals surface area contributed by atoms with Crippen molar-refractivity contribution in [1.82, 2.24) is 29.9 Å². The van der Waals surface area contributed by atoms with E-state index in [0.29, 0.717) is 0 Å². The van der Waals surface area contributed by atoms with Crippen molar-refractivity contribution in [2.75, 3.05) is 39.3 Å². The van der Waals surface area contributed by atoms with Crippen LogP contribution in [0.1, 0.15) is 55.4 Å². The largest absolute Gasteiger partial charge is 0.357 e. The molecule has 0 unspecified atom stereocenters. The highest BCUT2D eigenvalue weighted by Gasteiger charge is 2.20. The normalized spacial score (nSPS) is 17.3. The van der Waals surface area contributed by atoms with Gasteiger partial charge in [-0.15, -0.1) is 34.2 Å². The molecule has 0 spiro atoms. The van der Waals surface area contributed by atoms with Crippen LogP contribution in [0, 0.1) is 6.92 Å². The molecule has 1 saturated heterocycles. The van der Waals surface area contributed by atoms with E-state index in [-0.39, 0.29) is 24.0 Å². The van der Waals surface area contributed by atoms with Gasteiger partial charge in [-0.05, 0) is 38.7 Å². The van der Waals surface area contributed by atoms with Crippen LogP contribution in [-0.2, 0) is 25.9 Å². The Morgan fingerprint density at radius 1 is 1.06 bits per heavy atom. The van der Waals surface area contributed by atoms with Crippen LogP contribution in [0.5, 0.6) is 0 Å². The number of nitrogens with zero attached hydrogens (tertiary/aromatic N) is 6. The maximum Gasteiger partial charge on any atom is 0.194 e. The molecule has 0 atom stereocenters. The maximum absolute atomic E-state index is 4.94. The lowest BCUT2D eigenvalue weighted by molar-refractivity contribution is 0.172. The third kappa shape index (κ3) is 7.40. The zero-order valence-corrected chi connectivity index (χ0v) is 22.6. The molecule has 2 aromatic rings. The van der Waals surface area contributed by atoms with Gasteiger partial charge in [0.25, 0.3) is 0 Å². The van der Waals surface area contributed by atoms with Gasteiger partial charge in [0.1, 0.15) is 11.6 Å². The number of aryl methyl sites for hydroxylation is 3. The van der Waals surface area contributed by atoms with E-state index < -0.39 is 0 Å². The third-order valence-corrected chi connectivity index (χ3v) is 6.50. The number of aliphatic imine (C=N–C) groups is 1. The first-order chi connectivity index (χ1) is 15.7. The first-order valence-electron chi connectivity index (χ1n) is 12.4. The van der Waals surface area contributed by atoms with Crippen molar-refractivity contribution < 1.29 is 0 Å². The summed E-state index contributed by atoms with van der Waals surface area (Å²) < 4.78 is 2.36. The van der Waals surface area contributed by atoms with Crippen LogP contribution in [0.4, 0.5) is 0 Å². The molecule has 0 saturated carbocycles. The van der Waals surface area contributed by atoms with Crippen molar-refractivity contribution in [1.29, 1.82) is 0 Å². The van der Waals surface area contributed by atoms with Gasteiger partial charge in [0, 0.05) is 65.2 Å². The number of hydrogen-bond acceptors (Lipinski definition) is 4. The number of nitrogens with one attached hydrogen (secondary N) is 1. The minimum atomic E-state index is 0. The van der Waals surface area contributed by atoms with E-state index in [1.165, 1.54) is 36.2 Å². The van der Waals surface area contributed by atoms with Crippen molar-refractivity contribution >= 4 is 29.9 Å². The van der Waals surface area contributed by atoms with E-state index in [2.05, 4.69) is 68.0 Å². The maximum atomic E-state index is 4.94. The zero-order chi connectivity index (χ0) is 22.2. The Balaban J connectivity index is 0.00000306. The SMILES string of the molecule is CCNC(=NCCCc1nnc2n1CCCCC2)N1CCN(Cc2cccc(C)c2)CC1.I. The number of benzene rings is 1. The number of aromatic nitrogens is 3. The van der Waals surface area contributed by atoms with Crippen molar-refractivity contribution in [2.24, 2.45) is 4.99 Å². The van der Waals surface area contributed by atoms with Crippen molar-refractivity contribution in [3.63, 3.8) is 0 Å². The summed E-state index contributed by atoms with van der Waals surface area (Å²) in [5, 5.41) is 12.4. The van der Waals surface area contributed by atoms with Crippen LogP contribution in [0.15, 0.2) is 29.3 Å². The van der Waals surface area contributed by atoms with Crippen molar-refractivity contribution in [3.8, 4) is 0 Å². The number of piperazine rings is 1. The van der Waals surface area contributed by atoms with Crippen LogP contribution in [-0.4, -0.2) is 69.8 Å². The Kier molecular flexibility index (Phi) is 10.4. The minimum absolute atomic E-state index is 0. The molecule has 2 aliphatic heterocycles. The summed E-state index contributed by atoms with van der Waals surface area (Å²) in [4.78, 5) is 9.91. The smallest absolute Gasteiger partial charge is 0.194 e. The standard InChI is InChI=1S/C25H39N7.HI/c1-3-26-25(27-13-8-12-24-29-28-23-11-5-4-6-14-32(23)24)31-17-15-30(16-18-31)20-22-10-7-9-21(2)19-22;/h7,9-10,19H,3-6,8,11-18,20H2,1-2H3,(H,26,27);1H. The quantitative estimate of drug-likeness (QED) is 0.241. The Hall–Kier alpha value is -1.68. The summed E-state index contributed by atoms with van der Waals surface area (Å²) in [5.74, 6) is 3.38. The average Bonchev–Trinajstić information content (AvgIpc) is 3.02. The number of hydrogen-bond donors (Lipinski definition) is 1. The topological polar surface area (TPSA) is 61.6 Å². The van der Waals surface area contributed by atoms with Gasteiger partial charge in [0.15, 0.2) is 5.96 Å². The fourth-order valence-electron chi connectivity index (χ4n) is 4.76. The van der Waals surface area contributed by atoms with Crippen molar-refractivity contribution in [3.05, 3.63) is 47.0 Å². The molecule has 182 valence electrons. The molecule has 2 aliphatic rings. The molecule has 8 heteroatoms. The second-order valence-corrected chi connectivity index (χ2v) is 9.09. The molecule has 0 amide bonds. The second kappa shape index (κ2) is 13.3. The summed E-state index contributed by atoms with van der Waals surface area (Å²) in [6, 6.07) is 8.86. The van der Waals surface area contributed by atoms with E-state index in [0.717, 1.165) is 83.4 Å². The molecular formula is C25H40IN7. The summed E-state index contributed by atoms with van der Waals surface area (Å²) in [7, 11) is 0. The Labute approximate surface area is 216 Å². The molecule has 4 rings (SSSR count). The molecule has 0 aliphatic carbocycles. The predicted octanol–water partition coefficient (Wildman–Crippen LogP) is 3.65. The Morgan fingerprint density at radius 3 is 2.70 bits per heavy atom. The monoisotopic (exact) mass is 565 g/mol. The lowest BCUT2D eigenvalue weighted by atomic mass is 10.1. The van der Waals surface area contributed by atoms with Gasteiger partial charge in [-0.2, -0.15) is 0 Å². The van der Waals surface area contributed by atoms with E-state index >= 15 is 0 Å². The van der Waals surface area contributed by atoms with Gasteiger partial charge in [0.2, 0.25) is 0 Å². The summed E-state index contributed by atoms with van der Waals surface area (Å²) in [6.07, 6.45) is 6.84. The van der Waals surface area contributed by atoms with Gasteiger partial charge < -0.3 is 14.8 Å². The van der Waals surface area contributed by atoms with E-state index in [4.69, 9.17) is 4.99 Å². The Morgan fingerprint density at radius 2 is 1.91 bits per heavy atom. The fraction of sp³-hybridized carbons (Fsp3) is 0.640. The number of guanidine groups is 1. The zero-order valence-electron chi connectivity index (χ0n) is 20.3. The number of fused-ring (bicyclic) bond motifs is 1. The van der Waals surface area contributed by atoms with Crippen LogP contribution in [0.25, 0.3) is 0 Å². The van der Waals surface area contributed by atoms with Crippen LogP contribution in [0.2, 0.25) is 0 Å². The molecule has 1 aromatic heterocycles. The molecule has 1 fully saturated rings. The van der Waals surface area contributed by atoms with Crippen LogP contribution in [0.3, 0.4) is 0 Å². The molecular weight excluding hydrogens is 525 g/mol. The van der Waals surface area contributed by atoms with Gasteiger partial charge >= 0.3 is 0 Å². The van der Waals surface area contributed by atoms with E-state index in [9.17, 15) is 0 Å². The highest BCUT2D eigenvalue weighted by Crippen LogP contribution is 2.15. The summed E-state index contributed by atoms with van der Waals surface area (Å²) in [5.41, 5.74) is 2.75. The lowest BCUT2D eigenvalue weighted by Gasteiger charge is -2.36. The highest BCUT2D eigenvalue weighted by molar-refractivity contribution is 14.0. The van der Waals surface area contributed by atoms with Crippen LogP contribution >= 0.6 is 24.0 Å². The first-order valence-corrected chi connectivity index (χ1v) is 12.4. The molecule has 7 nitrogen and oxygen atoms in total. The van der Waals surface area contributed by atoms with E-state index in [1.807, 2.05) is 0 Å². The van der Waals surface area contributed by atoms with Gasteiger partial charge in [0.05, 0.1) is 0 Å². The number of rotatable bonds is 7. The fourth-order valence-corrected chi connectivity index (χ4v) is 4.76. The van der Waals surface area contributed by atoms with Gasteiger partial charge in [-0.25, -0.2) is 0 Å². The minimum Gasteiger partial charge on any atom is -0.357 e. The summed E-state index contributed by atoms with van der Waals surface area (Å²) >= 11 is 0. The van der Waals surface area contributed by atoms with Gasteiger partial charge in [-0.3, -0.25) is 9.89 Å². The van der Waals surface area contributed by atoms with Crippen molar-refractivity contribution in [2.45, 2.75) is 65.5 Å². The summed E-state index contributed by atoms with van der Waals surface area (Å²) in [6.45, 7) is 12.4. The molecule has 33 heavy (non-hydrogen) atoms. The average molecular weight is 566 g/mol. The third-order valence-electron chi connectivity index (χ3n) is 6.50. The lowest BCUT2D eigenvalue weighted by Crippen LogP contribution is -2.52. The molecule has 1 N–H and O–H groups in total. The predicted molar refractivity (Wildman–Crippen MR) is 145 cm³/mol.